The molecule has 1 aliphatic rings. The van der Waals surface area contributed by atoms with Crippen LogP contribution >= 0.6 is 11.3 Å². The van der Waals surface area contributed by atoms with Crippen molar-refractivity contribution in [2.24, 2.45) is 5.92 Å². The fourth-order valence-corrected chi connectivity index (χ4v) is 4.40. The molecule has 2 amide bonds. The highest BCUT2D eigenvalue weighted by atomic mass is 32.1. The molecule has 0 aliphatic heterocycles. The highest BCUT2D eigenvalue weighted by molar-refractivity contribution is 7.22. The van der Waals surface area contributed by atoms with Gasteiger partial charge in [-0.05, 0) is 54.8 Å². The van der Waals surface area contributed by atoms with Crippen molar-refractivity contribution in [3.63, 3.8) is 0 Å². The van der Waals surface area contributed by atoms with Crippen LogP contribution < -0.4 is 15.4 Å². The van der Waals surface area contributed by atoms with Crippen molar-refractivity contribution in [2.75, 3.05) is 10.6 Å². The Morgan fingerprint density at radius 3 is 2.69 bits per heavy atom. The quantitative estimate of drug-likeness (QED) is 0.352. The molecule has 1 aromatic heterocycles. The molecule has 0 saturated heterocycles. The van der Waals surface area contributed by atoms with E-state index >= 15 is 0 Å². The van der Waals surface area contributed by atoms with Gasteiger partial charge in [-0.25, -0.2) is 9.37 Å². The van der Waals surface area contributed by atoms with E-state index in [0.29, 0.717) is 27.8 Å². The van der Waals surface area contributed by atoms with Crippen LogP contribution in [-0.4, -0.2) is 16.8 Å². The molecular weight excluding hydrogens is 467 g/mol. The summed E-state index contributed by atoms with van der Waals surface area (Å²) in [7, 11) is 0. The van der Waals surface area contributed by atoms with Crippen molar-refractivity contribution in [3.8, 4) is 17.6 Å². The third-order valence-corrected chi connectivity index (χ3v) is 6.34. The molecule has 4 aromatic rings. The predicted octanol–water partition coefficient (Wildman–Crippen LogP) is 5.63. The molecule has 0 spiro atoms. The van der Waals surface area contributed by atoms with E-state index in [1.165, 1.54) is 29.5 Å². The Morgan fingerprint density at radius 2 is 1.89 bits per heavy atom. The summed E-state index contributed by atoms with van der Waals surface area (Å²) in [6.45, 7) is 0. The number of halogens is 1. The number of hydrogen-bond donors (Lipinski definition) is 2. The molecule has 7 nitrogen and oxygen atoms in total. The van der Waals surface area contributed by atoms with E-state index in [2.05, 4.69) is 15.6 Å². The second-order valence-electron chi connectivity index (χ2n) is 8.19. The Kier molecular flexibility index (Phi) is 6.12. The van der Waals surface area contributed by atoms with Gasteiger partial charge in [-0.3, -0.25) is 9.59 Å². The highest BCUT2D eigenvalue weighted by Crippen LogP contribution is 2.34. The predicted molar refractivity (Wildman–Crippen MR) is 131 cm³/mol. The topological polar surface area (TPSA) is 104 Å². The lowest BCUT2D eigenvalue weighted by atomic mass is 10.1. The molecule has 0 unspecified atom stereocenters. The Bertz CT molecular complexity index is 1490. The van der Waals surface area contributed by atoms with E-state index < -0.39 is 11.7 Å². The molecule has 9 heteroatoms. The number of nitrogens with zero attached hydrogens (tertiary/aromatic N) is 2. The summed E-state index contributed by atoms with van der Waals surface area (Å²) in [5.41, 5.74) is 1.83. The number of carbonyl (C=O) groups excluding carboxylic acids is 2. The van der Waals surface area contributed by atoms with E-state index in [1.54, 1.807) is 42.5 Å². The van der Waals surface area contributed by atoms with Crippen LogP contribution in [0.25, 0.3) is 10.2 Å². The monoisotopic (exact) mass is 486 g/mol. The molecule has 3 aromatic carbocycles. The van der Waals surface area contributed by atoms with Gasteiger partial charge in [-0.1, -0.05) is 23.5 Å². The molecule has 35 heavy (non-hydrogen) atoms. The van der Waals surface area contributed by atoms with Crippen molar-refractivity contribution in [1.29, 1.82) is 5.26 Å². The van der Waals surface area contributed by atoms with Crippen LogP contribution in [0.15, 0.2) is 60.7 Å². The Labute approximate surface area is 204 Å². The molecule has 0 atom stereocenters. The second kappa shape index (κ2) is 9.52. The molecule has 2 N–H and O–H groups in total. The molecule has 174 valence electrons. The number of nitriles is 1. The Morgan fingerprint density at radius 1 is 1.09 bits per heavy atom. The lowest BCUT2D eigenvalue weighted by Crippen LogP contribution is -2.15. The first-order chi connectivity index (χ1) is 17.0. The summed E-state index contributed by atoms with van der Waals surface area (Å²) in [6, 6.07) is 18.1. The van der Waals surface area contributed by atoms with Crippen molar-refractivity contribution in [3.05, 3.63) is 77.6 Å². The van der Waals surface area contributed by atoms with E-state index in [9.17, 15) is 14.0 Å². The number of anilines is 2. The second-order valence-corrected chi connectivity index (χ2v) is 9.22. The number of fused-ring (bicyclic) bond motifs is 1. The van der Waals surface area contributed by atoms with Gasteiger partial charge < -0.3 is 15.4 Å². The lowest BCUT2D eigenvalue weighted by molar-refractivity contribution is -0.117. The van der Waals surface area contributed by atoms with Crippen molar-refractivity contribution in [1.82, 2.24) is 4.98 Å². The lowest BCUT2D eigenvalue weighted by Gasteiger charge is -2.10. The van der Waals surface area contributed by atoms with Crippen LogP contribution in [0.1, 0.15) is 24.0 Å². The molecule has 0 radical (unpaired) electrons. The highest BCUT2D eigenvalue weighted by Gasteiger charge is 2.30. The van der Waals surface area contributed by atoms with Crippen LogP contribution in [0.3, 0.4) is 0 Å². The summed E-state index contributed by atoms with van der Waals surface area (Å²) < 4.78 is 21.1. The van der Waals surface area contributed by atoms with Crippen LogP contribution in [0.2, 0.25) is 0 Å². The van der Waals surface area contributed by atoms with Gasteiger partial charge in [0.25, 0.3) is 0 Å². The van der Waals surface area contributed by atoms with Crippen LogP contribution in [0.5, 0.6) is 11.5 Å². The fraction of sp³-hybridized carbons (Fsp3) is 0.154. The maximum Gasteiger partial charge on any atom is 0.229 e. The van der Waals surface area contributed by atoms with Gasteiger partial charge >= 0.3 is 0 Å². The number of aromatic nitrogens is 1. The maximum absolute atomic E-state index is 14.3. The first kappa shape index (κ1) is 22.5. The van der Waals surface area contributed by atoms with Crippen LogP contribution in [0, 0.1) is 23.1 Å². The van der Waals surface area contributed by atoms with E-state index in [4.69, 9.17) is 10.00 Å². The number of carbonyl (C=O) groups is 2. The summed E-state index contributed by atoms with van der Waals surface area (Å²) >= 11 is 1.35. The van der Waals surface area contributed by atoms with Crippen molar-refractivity contribution in [2.45, 2.75) is 19.3 Å². The SMILES string of the molecule is N#Cc1cccc(CC(=O)Nc2cc(Oc3ccc4nc(NC(=O)C5CC5)sc4c3)ccc2F)c1. The fourth-order valence-electron chi connectivity index (χ4n) is 3.51. The molecule has 1 aliphatic carbocycles. The van der Waals surface area contributed by atoms with Gasteiger partial charge in [0.05, 0.1) is 34.0 Å². The molecule has 5 rings (SSSR count). The van der Waals surface area contributed by atoms with Crippen LogP contribution in [-0.2, 0) is 16.0 Å². The first-order valence-corrected chi connectivity index (χ1v) is 11.8. The Hall–Kier alpha value is -4.29. The molecule has 1 saturated carbocycles. The summed E-state index contributed by atoms with van der Waals surface area (Å²) in [4.78, 5) is 28.9. The molecule has 1 heterocycles. The number of amides is 2. The summed E-state index contributed by atoms with van der Waals surface area (Å²) in [5, 5.41) is 15.0. The summed E-state index contributed by atoms with van der Waals surface area (Å²) in [5.74, 6) is -0.0536. The van der Waals surface area contributed by atoms with Gasteiger partial charge in [-0.15, -0.1) is 0 Å². The van der Waals surface area contributed by atoms with Crippen molar-refractivity contribution >= 4 is 44.2 Å². The zero-order valence-electron chi connectivity index (χ0n) is 18.4. The summed E-state index contributed by atoms with van der Waals surface area (Å²) in [6.07, 6.45) is 1.84. The molecule has 0 bridgehead atoms. The number of benzene rings is 3. The minimum absolute atomic E-state index is 0.000753. The molecule has 1 fully saturated rings. The average Bonchev–Trinajstić information content (AvgIpc) is 3.62. The van der Waals surface area contributed by atoms with E-state index in [0.717, 1.165) is 23.1 Å². The third kappa shape index (κ3) is 5.45. The number of rotatable bonds is 7. The van der Waals surface area contributed by atoms with Gasteiger partial charge in [0.15, 0.2) is 5.13 Å². The van der Waals surface area contributed by atoms with E-state index in [-0.39, 0.29) is 23.9 Å². The average molecular weight is 487 g/mol. The standard InChI is InChI=1S/C26H19FN4O3S/c27-20-8-6-18(12-22(20)29-24(32)11-15-2-1-3-16(10-15)14-28)34-19-7-9-21-23(13-19)35-26(30-21)31-25(33)17-4-5-17/h1-3,6-10,12-13,17H,4-5,11H2,(H,29,32)(H,30,31,33). The van der Waals surface area contributed by atoms with Gasteiger partial charge in [-0.2, -0.15) is 5.26 Å². The zero-order chi connectivity index (χ0) is 24.4. The van der Waals surface area contributed by atoms with Gasteiger partial charge in [0.1, 0.15) is 17.3 Å². The maximum atomic E-state index is 14.3. The third-order valence-electron chi connectivity index (χ3n) is 5.41. The smallest absolute Gasteiger partial charge is 0.229 e. The molecular formula is C26H19FN4O3S. The Balaban J connectivity index is 1.27. The van der Waals surface area contributed by atoms with Gasteiger partial charge in [0.2, 0.25) is 11.8 Å². The van der Waals surface area contributed by atoms with Crippen molar-refractivity contribution < 1.29 is 18.7 Å². The number of nitrogens with one attached hydrogen (secondary N) is 2. The minimum Gasteiger partial charge on any atom is -0.457 e. The number of thiazole rings is 1. The normalized spacial score (nSPS) is 12.7. The first-order valence-electron chi connectivity index (χ1n) is 10.9. The van der Waals surface area contributed by atoms with E-state index in [1.807, 2.05) is 6.07 Å². The van der Waals surface area contributed by atoms with Crippen LogP contribution in [0.4, 0.5) is 15.2 Å². The largest absolute Gasteiger partial charge is 0.457 e. The van der Waals surface area contributed by atoms with Gasteiger partial charge in [0, 0.05) is 18.1 Å². The number of hydrogen-bond acceptors (Lipinski definition) is 6. The number of ether oxygens (including phenoxy) is 1. The zero-order valence-corrected chi connectivity index (χ0v) is 19.2. The minimum atomic E-state index is -0.592.